The number of ether oxygens (including phenoxy) is 1. The highest BCUT2D eigenvalue weighted by atomic mass is 35.5. The van der Waals surface area contributed by atoms with Crippen molar-refractivity contribution in [3.05, 3.63) is 64.2 Å². The zero-order chi connectivity index (χ0) is 29.9. The van der Waals surface area contributed by atoms with Crippen molar-refractivity contribution in [3.63, 3.8) is 0 Å². The molecule has 0 aromatic heterocycles. The second-order valence-corrected chi connectivity index (χ2v) is 11.5. The number of aliphatic hydroxyl groups is 1. The first-order chi connectivity index (χ1) is 18.9. The van der Waals surface area contributed by atoms with Crippen molar-refractivity contribution in [3.8, 4) is 0 Å². The monoisotopic (exact) mass is 573 g/mol. The van der Waals surface area contributed by atoms with Crippen LogP contribution in [0.15, 0.2) is 42.5 Å². The van der Waals surface area contributed by atoms with Gasteiger partial charge >= 0.3 is 6.09 Å². The van der Waals surface area contributed by atoms with Crippen molar-refractivity contribution in [2.24, 2.45) is 0 Å². The summed E-state index contributed by atoms with van der Waals surface area (Å²) < 4.78 is 5.31. The molecular formula is C31H44ClN3O5. The maximum absolute atomic E-state index is 14.0. The largest absolute Gasteiger partial charge is 0.444 e. The van der Waals surface area contributed by atoms with Crippen molar-refractivity contribution < 1.29 is 24.2 Å². The van der Waals surface area contributed by atoms with Crippen LogP contribution in [0.25, 0.3) is 0 Å². The predicted molar refractivity (Wildman–Crippen MR) is 159 cm³/mol. The Kier molecular flexibility index (Phi) is 12.9. The van der Waals surface area contributed by atoms with Crippen LogP contribution in [-0.4, -0.2) is 52.7 Å². The Hall–Kier alpha value is -3.10. The molecule has 9 heteroatoms. The number of alkyl carbamates (subject to hydrolysis) is 1. The van der Waals surface area contributed by atoms with E-state index in [1.54, 1.807) is 32.9 Å². The fourth-order valence-corrected chi connectivity index (χ4v) is 4.56. The lowest BCUT2D eigenvalue weighted by molar-refractivity contribution is -0.141. The number of unbranched alkanes of at least 4 members (excludes halogenated alkanes) is 4. The van der Waals surface area contributed by atoms with E-state index in [4.69, 9.17) is 16.3 Å². The van der Waals surface area contributed by atoms with Gasteiger partial charge in [0.1, 0.15) is 17.7 Å². The summed E-state index contributed by atoms with van der Waals surface area (Å²) in [5.41, 5.74) is 2.06. The number of carbonyl (C=O) groups is 3. The molecule has 2 aromatic carbocycles. The van der Waals surface area contributed by atoms with E-state index in [2.05, 4.69) is 17.6 Å². The first kappa shape index (κ1) is 33.1. The third-order valence-corrected chi connectivity index (χ3v) is 6.70. The number of amides is 3. The summed E-state index contributed by atoms with van der Waals surface area (Å²) in [5, 5.41) is 15.9. The van der Waals surface area contributed by atoms with Gasteiger partial charge in [0, 0.05) is 6.54 Å². The van der Waals surface area contributed by atoms with Crippen molar-refractivity contribution in [2.75, 3.05) is 18.5 Å². The van der Waals surface area contributed by atoms with Gasteiger partial charge in [0.15, 0.2) is 0 Å². The number of para-hydroxylation sites is 1. The summed E-state index contributed by atoms with van der Waals surface area (Å²) in [7, 11) is 0. The van der Waals surface area contributed by atoms with Gasteiger partial charge in [-0.1, -0.05) is 86.2 Å². The van der Waals surface area contributed by atoms with Gasteiger partial charge in [-0.2, -0.15) is 0 Å². The van der Waals surface area contributed by atoms with Crippen LogP contribution in [0.4, 0.5) is 10.5 Å². The van der Waals surface area contributed by atoms with Gasteiger partial charge in [-0.25, -0.2) is 4.79 Å². The van der Waals surface area contributed by atoms with Crippen LogP contribution in [0.3, 0.4) is 0 Å². The van der Waals surface area contributed by atoms with E-state index >= 15 is 0 Å². The smallest absolute Gasteiger partial charge is 0.408 e. The molecule has 0 aliphatic heterocycles. The standard InChI is InChI=1S/C31H44ClN3O5/c1-7-8-9-10-11-19-35(29(38)25(20-36)33-30(39)40-31(4,5)6)27(23-17-15-21(2)16-18-23)28(37)34-26-22(3)13-12-14-24(26)32/h12-18,25,27,36H,7-11,19-20H2,1-6H3,(H,33,39)(H,34,37). The minimum Gasteiger partial charge on any atom is -0.444 e. The Labute approximate surface area is 243 Å². The summed E-state index contributed by atoms with van der Waals surface area (Å²) in [5.74, 6) is -1.03. The van der Waals surface area contributed by atoms with E-state index in [0.29, 0.717) is 22.7 Å². The Morgan fingerprint density at radius 1 is 1.00 bits per heavy atom. The van der Waals surface area contributed by atoms with Crippen LogP contribution in [0.5, 0.6) is 0 Å². The third kappa shape index (κ3) is 10.1. The van der Waals surface area contributed by atoms with Gasteiger partial charge in [0.2, 0.25) is 5.91 Å². The van der Waals surface area contributed by atoms with E-state index in [1.807, 2.05) is 44.2 Å². The molecule has 0 heterocycles. The molecule has 0 saturated heterocycles. The molecule has 3 amide bonds. The number of hydrogen-bond donors (Lipinski definition) is 3. The van der Waals surface area contributed by atoms with Crippen LogP contribution in [-0.2, 0) is 14.3 Å². The van der Waals surface area contributed by atoms with Gasteiger partial charge in [-0.05, 0) is 58.2 Å². The van der Waals surface area contributed by atoms with Gasteiger partial charge in [0.25, 0.3) is 5.91 Å². The molecule has 0 aliphatic rings. The lowest BCUT2D eigenvalue weighted by Crippen LogP contribution is -2.54. The summed E-state index contributed by atoms with van der Waals surface area (Å²) in [6, 6.07) is 10.4. The molecule has 3 N–H and O–H groups in total. The van der Waals surface area contributed by atoms with Crippen LogP contribution in [0.1, 0.15) is 82.5 Å². The molecule has 0 aliphatic carbocycles. The molecule has 0 saturated carbocycles. The number of halogens is 1. The Morgan fingerprint density at radius 3 is 2.23 bits per heavy atom. The highest BCUT2D eigenvalue weighted by molar-refractivity contribution is 6.34. The summed E-state index contributed by atoms with van der Waals surface area (Å²) in [6.07, 6.45) is 3.83. The third-order valence-electron chi connectivity index (χ3n) is 6.38. The number of aryl methyl sites for hydroxylation is 2. The zero-order valence-corrected chi connectivity index (χ0v) is 25.3. The zero-order valence-electron chi connectivity index (χ0n) is 24.6. The van der Waals surface area contributed by atoms with Gasteiger partial charge in [-0.3, -0.25) is 9.59 Å². The fourth-order valence-electron chi connectivity index (χ4n) is 4.29. The van der Waals surface area contributed by atoms with Crippen molar-refractivity contribution in [2.45, 2.75) is 91.3 Å². The lowest BCUT2D eigenvalue weighted by Gasteiger charge is -2.34. The highest BCUT2D eigenvalue weighted by Gasteiger charge is 2.36. The van der Waals surface area contributed by atoms with Crippen LogP contribution in [0, 0.1) is 13.8 Å². The minimum absolute atomic E-state index is 0.252. The van der Waals surface area contributed by atoms with E-state index in [0.717, 1.165) is 36.8 Å². The van der Waals surface area contributed by atoms with Gasteiger partial charge in [-0.15, -0.1) is 0 Å². The van der Waals surface area contributed by atoms with Crippen LogP contribution < -0.4 is 10.6 Å². The number of carbonyl (C=O) groups excluding carboxylic acids is 3. The number of rotatable bonds is 13. The summed E-state index contributed by atoms with van der Waals surface area (Å²) in [4.78, 5) is 41.9. The Balaban J connectivity index is 2.49. The maximum atomic E-state index is 14.0. The lowest BCUT2D eigenvalue weighted by atomic mass is 10.0. The average Bonchev–Trinajstić information content (AvgIpc) is 2.88. The quantitative estimate of drug-likeness (QED) is 0.243. The second-order valence-electron chi connectivity index (χ2n) is 11.1. The first-order valence-electron chi connectivity index (χ1n) is 13.9. The Bertz CT molecular complexity index is 1110. The fraction of sp³-hybridized carbons (Fsp3) is 0.516. The normalized spacial score (nSPS) is 12.8. The van der Waals surface area contributed by atoms with Crippen molar-refractivity contribution >= 4 is 35.2 Å². The van der Waals surface area contributed by atoms with Crippen LogP contribution in [0.2, 0.25) is 5.02 Å². The maximum Gasteiger partial charge on any atom is 0.408 e. The van der Waals surface area contributed by atoms with Crippen molar-refractivity contribution in [1.29, 1.82) is 0 Å². The number of benzene rings is 2. The molecule has 8 nitrogen and oxygen atoms in total. The second kappa shape index (κ2) is 15.6. The molecule has 2 unspecified atom stereocenters. The predicted octanol–water partition coefficient (Wildman–Crippen LogP) is 6.32. The topological polar surface area (TPSA) is 108 Å². The molecule has 2 rings (SSSR count). The number of aliphatic hydroxyl groups excluding tert-OH is 1. The molecule has 0 radical (unpaired) electrons. The molecule has 0 bridgehead atoms. The molecule has 2 atom stereocenters. The highest BCUT2D eigenvalue weighted by Crippen LogP contribution is 2.30. The molecule has 0 spiro atoms. The molecule has 40 heavy (non-hydrogen) atoms. The van der Waals surface area contributed by atoms with E-state index in [-0.39, 0.29) is 6.54 Å². The van der Waals surface area contributed by atoms with Crippen LogP contribution >= 0.6 is 11.6 Å². The number of hydrogen-bond acceptors (Lipinski definition) is 5. The van der Waals surface area contributed by atoms with Gasteiger partial charge < -0.3 is 25.4 Å². The van der Waals surface area contributed by atoms with E-state index < -0.39 is 42.2 Å². The molecular weight excluding hydrogens is 530 g/mol. The first-order valence-corrected chi connectivity index (χ1v) is 14.3. The summed E-state index contributed by atoms with van der Waals surface area (Å²) in [6.45, 7) is 10.6. The number of anilines is 1. The van der Waals surface area contributed by atoms with E-state index in [9.17, 15) is 19.5 Å². The average molecular weight is 574 g/mol. The molecule has 220 valence electrons. The molecule has 2 aromatic rings. The van der Waals surface area contributed by atoms with Crippen molar-refractivity contribution in [1.82, 2.24) is 10.2 Å². The van der Waals surface area contributed by atoms with E-state index in [1.165, 1.54) is 4.90 Å². The van der Waals surface area contributed by atoms with Gasteiger partial charge in [0.05, 0.1) is 17.3 Å². The number of nitrogens with one attached hydrogen (secondary N) is 2. The summed E-state index contributed by atoms with van der Waals surface area (Å²) >= 11 is 6.41. The minimum atomic E-state index is -1.30. The SMILES string of the molecule is CCCCCCCN(C(=O)C(CO)NC(=O)OC(C)(C)C)C(C(=O)Nc1c(C)cccc1Cl)c1ccc(C)cc1. The Morgan fingerprint density at radius 2 is 1.65 bits per heavy atom. The number of nitrogens with zero attached hydrogens (tertiary/aromatic N) is 1. The molecule has 0 fully saturated rings.